The Labute approximate surface area is 179 Å². The summed E-state index contributed by atoms with van der Waals surface area (Å²) in [6, 6.07) is 24.0. The average molecular weight is 411 g/mol. The number of fused-ring (bicyclic) bond motifs is 2. The van der Waals surface area contributed by atoms with E-state index in [9.17, 15) is 9.59 Å². The average Bonchev–Trinajstić information content (AvgIpc) is 3.10. The second-order valence-corrected chi connectivity index (χ2v) is 7.58. The molecule has 1 atom stereocenters. The lowest BCUT2D eigenvalue weighted by atomic mass is 9.98. The Morgan fingerprint density at radius 2 is 1.61 bits per heavy atom. The normalized spacial score (nSPS) is 15.3. The van der Waals surface area contributed by atoms with Crippen LogP contribution in [0, 0.1) is 0 Å². The lowest BCUT2D eigenvalue weighted by molar-refractivity contribution is 0.0730. The summed E-state index contributed by atoms with van der Waals surface area (Å²) in [6.07, 6.45) is 0.681. The minimum atomic E-state index is -0.502. The number of carbonyl (C=O) groups is 1. The van der Waals surface area contributed by atoms with Gasteiger partial charge in [0.25, 0.3) is 5.91 Å². The van der Waals surface area contributed by atoms with Gasteiger partial charge in [-0.15, -0.1) is 0 Å². The Hall–Kier alpha value is -3.86. The fourth-order valence-electron chi connectivity index (χ4n) is 4.22. The molecule has 2 heterocycles. The van der Waals surface area contributed by atoms with Crippen LogP contribution >= 0.6 is 0 Å². The van der Waals surface area contributed by atoms with Crippen LogP contribution in [-0.4, -0.2) is 24.5 Å². The van der Waals surface area contributed by atoms with Gasteiger partial charge >= 0.3 is 0 Å². The molecular formula is C26H21NO4. The Morgan fingerprint density at radius 3 is 2.35 bits per heavy atom. The SMILES string of the molecule is COc1ccc([C@H]2c3c(oc4ccccc4c3=O)C(=O)N2CCc2ccccc2)cc1. The standard InChI is InChI=1S/C26H21NO4/c1-30-19-13-11-18(12-14-19)23-22-24(28)20-9-5-6-10-21(20)31-25(22)26(29)27(23)16-15-17-7-3-2-4-8-17/h2-14,23H,15-16H2,1H3/t23-/m0/s1. The molecule has 1 aromatic heterocycles. The molecule has 5 nitrogen and oxygen atoms in total. The van der Waals surface area contributed by atoms with E-state index in [2.05, 4.69) is 0 Å². The lowest BCUT2D eigenvalue weighted by Crippen LogP contribution is -2.31. The summed E-state index contributed by atoms with van der Waals surface area (Å²) in [7, 11) is 1.61. The predicted molar refractivity (Wildman–Crippen MR) is 119 cm³/mol. The maximum absolute atomic E-state index is 13.4. The van der Waals surface area contributed by atoms with Crippen LogP contribution in [0.4, 0.5) is 0 Å². The van der Waals surface area contributed by atoms with Gasteiger partial charge in [0.15, 0.2) is 5.43 Å². The summed E-state index contributed by atoms with van der Waals surface area (Å²) in [4.78, 5) is 28.6. The minimum absolute atomic E-state index is 0.137. The molecule has 1 aliphatic rings. The number of carbonyl (C=O) groups excluding carboxylic acids is 1. The predicted octanol–water partition coefficient (Wildman–Crippen LogP) is 4.59. The first kappa shape index (κ1) is 19.1. The zero-order chi connectivity index (χ0) is 21.4. The van der Waals surface area contributed by atoms with E-state index in [4.69, 9.17) is 9.15 Å². The van der Waals surface area contributed by atoms with Crippen LogP contribution in [0.25, 0.3) is 11.0 Å². The number of ether oxygens (including phenoxy) is 1. The highest BCUT2D eigenvalue weighted by Crippen LogP contribution is 2.38. The van der Waals surface area contributed by atoms with E-state index in [1.165, 1.54) is 0 Å². The van der Waals surface area contributed by atoms with Crippen LogP contribution in [0.15, 0.2) is 88.1 Å². The minimum Gasteiger partial charge on any atom is -0.497 e. The number of benzene rings is 3. The number of hydrogen-bond donors (Lipinski definition) is 0. The first-order valence-corrected chi connectivity index (χ1v) is 10.2. The van der Waals surface area contributed by atoms with Gasteiger partial charge < -0.3 is 14.1 Å². The van der Waals surface area contributed by atoms with Gasteiger partial charge in [0, 0.05) is 6.54 Å². The topological polar surface area (TPSA) is 59.8 Å². The van der Waals surface area contributed by atoms with Crippen molar-refractivity contribution >= 4 is 16.9 Å². The van der Waals surface area contributed by atoms with Crippen LogP contribution in [0.1, 0.15) is 33.3 Å². The summed E-state index contributed by atoms with van der Waals surface area (Å²) in [5, 5.41) is 0.484. The van der Waals surface area contributed by atoms with Crippen molar-refractivity contribution in [3.8, 4) is 5.75 Å². The lowest BCUT2D eigenvalue weighted by Gasteiger charge is -2.25. The monoisotopic (exact) mass is 411 g/mol. The molecule has 0 N–H and O–H groups in total. The van der Waals surface area contributed by atoms with E-state index in [1.54, 1.807) is 36.3 Å². The van der Waals surface area contributed by atoms with Crippen molar-refractivity contribution < 1.29 is 13.9 Å². The molecule has 0 spiro atoms. The molecular weight excluding hydrogens is 390 g/mol. The Bertz CT molecular complexity index is 1310. The van der Waals surface area contributed by atoms with Crippen molar-refractivity contribution in [1.29, 1.82) is 0 Å². The number of hydrogen-bond acceptors (Lipinski definition) is 4. The van der Waals surface area contributed by atoms with Gasteiger partial charge in [0.2, 0.25) is 5.76 Å². The van der Waals surface area contributed by atoms with Crippen LogP contribution in [-0.2, 0) is 6.42 Å². The summed E-state index contributed by atoms with van der Waals surface area (Å²) >= 11 is 0. The second-order valence-electron chi connectivity index (χ2n) is 7.58. The number of rotatable bonds is 5. The molecule has 1 amide bonds. The Morgan fingerprint density at radius 1 is 0.903 bits per heavy atom. The third kappa shape index (κ3) is 3.28. The van der Waals surface area contributed by atoms with E-state index < -0.39 is 6.04 Å². The van der Waals surface area contributed by atoms with Gasteiger partial charge in [-0.25, -0.2) is 0 Å². The fourth-order valence-corrected chi connectivity index (χ4v) is 4.22. The summed E-state index contributed by atoms with van der Waals surface area (Å²) < 4.78 is 11.2. The van der Waals surface area contributed by atoms with E-state index in [0.717, 1.165) is 16.9 Å². The second kappa shape index (κ2) is 7.76. The van der Waals surface area contributed by atoms with E-state index in [-0.39, 0.29) is 17.1 Å². The Kier molecular flexibility index (Phi) is 4.79. The van der Waals surface area contributed by atoms with Gasteiger partial charge in [0.05, 0.1) is 24.1 Å². The van der Waals surface area contributed by atoms with Crippen molar-refractivity contribution in [1.82, 2.24) is 4.90 Å². The number of methoxy groups -OCH3 is 1. The molecule has 154 valence electrons. The molecule has 0 fully saturated rings. The molecule has 0 bridgehead atoms. The van der Waals surface area contributed by atoms with Gasteiger partial charge in [0.1, 0.15) is 11.3 Å². The first-order valence-electron chi connectivity index (χ1n) is 10.2. The third-order valence-corrected chi connectivity index (χ3v) is 5.79. The zero-order valence-corrected chi connectivity index (χ0v) is 17.1. The summed E-state index contributed by atoms with van der Waals surface area (Å²) in [6.45, 7) is 0.472. The first-order chi connectivity index (χ1) is 15.2. The van der Waals surface area contributed by atoms with Gasteiger partial charge in [-0.2, -0.15) is 0 Å². The van der Waals surface area contributed by atoms with Gasteiger partial charge in [-0.3, -0.25) is 9.59 Å². The smallest absolute Gasteiger partial charge is 0.290 e. The van der Waals surface area contributed by atoms with Crippen LogP contribution in [0.2, 0.25) is 0 Å². The molecule has 1 aliphatic heterocycles. The molecule has 0 saturated carbocycles. The molecule has 4 aromatic rings. The highest BCUT2D eigenvalue weighted by Gasteiger charge is 2.42. The van der Waals surface area contributed by atoms with Crippen molar-refractivity contribution in [2.45, 2.75) is 12.5 Å². The molecule has 0 saturated heterocycles. The summed E-state index contributed by atoms with van der Waals surface area (Å²) in [5.74, 6) is 0.599. The quantitative estimate of drug-likeness (QED) is 0.482. The highest BCUT2D eigenvalue weighted by molar-refractivity contribution is 5.99. The maximum Gasteiger partial charge on any atom is 0.290 e. The van der Waals surface area contributed by atoms with E-state index in [1.807, 2.05) is 54.6 Å². The maximum atomic E-state index is 13.4. The molecule has 0 aliphatic carbocycles. The summed E-state index contributed by atoms with van der Waals surface area (Å²) in [5.41, 5.74) is 2.65. The van der Waals surface area contributed by atoms with Gasteiger partial charge in [-0.1, -0.05) is 54.6 Å². The van der Waals surface area contributed by atoms with Crippen LogP contribution in [0.3, 0.4) is 0 Å². The zero-order valence-electron chi connectivity index (χ0n) is 17.1. The molecule has 0 unspecified atom stereocenters. The molecule has 3 aromatic carbocycles. The van der Waals surface area contributed by atoms with Crippen molar-refractivity contribution in [3.05, 3.63) is 112 Å². The molecule has 31 heavy (non-hydrogen) atoms. The Balaban J connectivity index is 1.63. The van der Waals surface area contributed by atoms with Crippen molar-refractivity contribution in [2.24, 2.45) is 0 Å². The van der Waals surface area contributed by atoms with Crippen LogP contribution < -0.4 is 10.2 Å². The van der Waals surface area contributed by atoms with E-state index in [0.29, 0.717) is 29.5 Å². The number of amides is 1. The number of nitrogens with zero attached hydrogens (tertiary/aromatic N) is 1. The molecule has 0 radical (unpaired) electrons. The largest absolute Gasteiger partial charge is 0.497 e. The van der Waals surface area contributed by atoms with Crippen molar-refractivity contribution in [3.63, 3.8) is 0 Å². The fraction of sp³-hybridized carbons (Fsp3) is 0.154. The molecule has 5 rings (SSSR count). The number of para-hydroxylation sites is 1. The van der Waals surface area contributed by atoms with Crippen molar-refractivity contribution in [2.75, 3.05) is 13.7 Å². The van der Waals surface area contributed by atoms with Crippen LogP contribution in [0.5, 0.6) is 5.75 Å². The van der Waals surface area contributed by atoms with E-state index >= 15 is 0 Å². The van der Waals surface area contributed by atoms with Gasteiger partial charge in [-0.05, 0) is 41.8 Å². The molecule has 5 heteroatoms. The highest BCUT2D eigenvalue weighted by atomic mass is 16.5. The third-order valence-electron chi connectivity index (χ3n) is 5.79.